The first-order valence-corrected chi connectivity index (χ1v) is 9.56. The molecule has 1 aliphatic carbocycles. The molecule has 2 amide bonds. The van der Waals surface area contributed by atoms with Gasteiger partial charge in [0.15, 0.2) is 11.6 Å². The summed E-state index contributed by atoms with van der Waals surface area (Å²) in [6.07, 6.45) is 3.98. The van der Waals surface area contributed by atoms with Gasteiger partial charge in [-0.15, -0.1) is 0 Å². The van der Waals surface area contributed by atoms with Crippen molar-refractivity contribution >= 4 is 11.8 Å². The maximum absolute atomic E-state index is 14.1. The molecule has 0 radical (unpaired) electrons. The van der Waals surface area contributed by atoms with Gasteiger partial charge in [-0.25, -0.2) is 4.39 Å². The van der Waals surface area contributed by atoms with E-state index in [0.717, 1.165) is 19.3 Å². The van der Waals surface area contributed by atoms with Gasteiger partial charge in [0.05, 0.1) is 25.8 Å². The Morgan fingerprint density at radius 2 is 2.15 bits per heavy atom. The van der Waals surface area contributed by atoms with Crippen LogP contribution in [0.15, 0.2) is 18.2 Å². The molecule has 3 rings (SSSR count). The molecule has 1 aromatic carbocycles. The fourth-order valence-electron chi connectivity index (χ4n) is 3.85. The number of amides is 2. The summed E-state index contributed by atoms with van der Waals surface area (Å²) >= 11 is 0. The maximum atomic E-state index is 14.1. The predicted octanol–water partition coefficient (Wildman–Crippen LogP) is 2.17. The van der Waals surface area contributed by atoms with Crippen LogP contribution in [0.1, 0.15) is 50.1 Å². The number of nitrogens with one attached hydrogen (secondary N) is 1. The topological polar surface area (TPSA) is 78.9 Å². The molecular formula is C20H27FN2O4. The average Bonchev–Trinajstić information content (AvgIpc) is 2.82. The zero-order valence-corrected chi connectivity index (χ0v) is 15.6. The zero-order valence-electron chi connectivity index (χ0n) is 15.6. The lowest BCUT2D eigenvalue weighted by Crippen LogP contribution is -2.46. The Kier molecular flexibility index (Phi) is 6.31. The Labute approximate surface area is 158 Å². The standard InChI is InChI=1S/C20H27FN2O4/c1-27-17-7-6-13(11-16(17)21)20(14-9-15(24)10-14)22-18(25)12-23-8-4-2-3-5-19(23)26/h6-7,11,14-15,20,24H,2-5,8-10,12H2,1H3,(H,22,25). The quantitative estimate of drug-likeness (QED) is 0.795. The third kappa shape index (κ3) is 4.77. The smallest absolute Gasteiger partial charge is 0.240 e. The fraction of sp³-hybridized carbons (Fsp3) is 0.600. The number of aliphatic hydroxyl groups is 1. The molecule has 6 nitrogen and oxygen atoms in total. The number of carbonyl (C=O) groups excluding carboxylic acids is 2. The van der Waals surface area contributed by atoms with E-state index in [0.29, 0.717) is 31.4 Å². The Bertz CT molecular complexity index is 691. The van der Waals surface area contributed by atoms with Crippen LogP contribution in [0, 0.1) is 11.7 Å². The molecule has 27 heavy (non-hydrogen) atoms. The molecule has 148 valence electrons. The maximum Gasteiger partial charge on any atom is 0.240 e. The third-order valence-electron chi connectivity index (χ3n) is 5.48. The third-order valence-corrected chi connectivity index (χ3v) is 5.48. The number of nitrogens with zero attached hydrogens (tertiary/aromatic N) is 1. The lowest BCUT2D eigenvalue weighted by molar-refractivity contribution is -0.136. The Morgan fingerprint density at radius 1 is 1.37 bits per heavy atom. The molecule has 2 N–H and O–H groups in total. The van der Waals surface area contributed by atoms with Crippen molar-refractivity contribution in [2.75, 3.05) is 20.2 Å². The van der Waals surface area contributed by atoms with Crippen LogP contribution < -0.4 is 10.1 Å². The molecule has 0 bridgehead atoms. The van der Waals surface area contributed by atoms with Crippen LogP contribution in [-0.2, 0) is 9.59 Å². The Morgan fingerprint density at radius 3 is 2.81 bits per heavy atom. The summed E-state index contributed by atoms with van der Waals surface area (Å²) in [6, 6.07) is 4.24. The van der Waals surface area contributed by atoms with E-state index in [-0.39, 0.29) is 36.1 Å². The van der Waals surface area contributed by atoms with Crippen LogP contribution in [-0.4, -0.2) is 48.1 Å². The lowest BCUT2D eigenvalue weighted by Gasteiger charge is -2.38. The number of methoxy groups -OCH3 is 1. The van der Waals surface area contributed by atoms with E-state index < -0.39 is 11.9 Å². The first-order chi connectivity index (χ1) is 13.0. The van der Waals surface area contributed by atoms with Crippen molar-refractivity contribution < 1.29 is 23.8 Å². The summed E-state index contributed by atoms with van der Waals surface area (Å²) in [5.74, 6) is -0.553. The lowest BCUT2D eigenvalue weighted by atomic mass is 9.75. The summed E-state index contributed by atoms with van der Waals surface area (Å²) in [4.78, 5) is 26.3. The largest absolute Gasteiger partial charge is 0.494 e. The van der Waals surface area contributed by atoms with E-state index in [1.54, 1.807) is 11.0 Å². The minimum atomic E-state index is -0.489. The second-order valence-electron chi connectivity index (χ2n) is 7.45. The van der Waals surface area contributed by atoms with Crippen molar-refractivity contribution in [2.24, 2.45) is 5.92 Å². The minimum absolute atomic E-state index is 0.00811. The second-order valence-corrected chi connectivity index (χ2v) is 7.45. The van der Waals surface area contributed by atoms with Crippen molar-refractivity contribution in [1.82, 2.24) is 10.2 Å². The molecular weight excluding hydrogens is 351 g/mol. The van der Waals surface area contributed by atoms with Gasteiger partial charge >= 0.3 is 0 Å². The second kappa shape index (κ2) is 8.69. The summed E-state index contributed by atoms with van der Waals surface area (Å²) < 4.78 is 19.1. The van der Waals surface area contributed by atoms with Crippen LogP contribution in [0.3, 0.4) is 0 Å². The summed E-state index contributed by atoms with van der Waals surface area (Å²) in [7, 11) is 1.40. The Balaban J connectivity index is 1.70. The van der Waals surface area contributed by atoms with Crippen molar-refractivity contribution in [3.8, 4) is 5.75 Å². The minimum Gasteiger partial charge on any atom is -0.494 e. The van der Waals surface area contributed by atoms with Gasteiger partial charge in [-0.05, 0) is 49.3 Å². The number of ether oxygens (including phenoxy) is 1. The highest BCUT2D eigenvalue weighted by atomic mass is 19.1. The molecule has 2 aliphatic rings. The van der Waals surface area contributed by atoms with E-state index in [9.17, 15) is 19.1 Å². The summed E-state index contributed by atoms with van der Waals surface area (Å²) in [6.45, 7) is 0.611. The fourth-order valence-corrected chi connectivity index (χ4v) is 3.85. The number of hydrogen-bond donors (Lipinski definition) is 2. The molecule has 1 saturated heterocycles. The molecule has 1 heterocycles. The number of hydrogen-bond acceptors (Lipinski definition) is 4. The molecule has 7 heteroatoms. The zero-order chi connectivity index (χ0) is 19.4. The van der Waals surface area contributed by atoms with E-state index in [1.165, 1.54) is 19.2 Å². The highest BCUT2D eigenvalue weighted by Crippen LogP contribution is 2.39. The van der Waals surface area contributed by atoms with Gasteiger partial charge in [-0.2, -0.15) is 0 Å². The number of rotatable bonds is 6. The highest BCUT2D eigenvalue weighted by Gasteiger charge is 2.36. The first-order valence-electron chi connectivity index (χ1n) is 9.56. The van der Waals surface area contributed by atoms with Crippen molar-refractivity contribution in [2.45, 2.75) is 50.7 Å². The molecule has 1 aliphatic heterocycles. The molecule has 1 aromatic rings. The van der Waals surface area contributed by atoms with E-state index >= 15 is 0 Å². The van der Waals surface area contributed by atoms with Gasteiger partial charge in [0.1, 0.15) is 0 Å². The van der Waals surface area contributed by atoms with E-state index in [4.69, 9.17) is 4.74 Å². The van der Waals surface area contributed by atoms with Gasteiger partial charge < -0.3 is 20.1 Å². The predicted molar refractivity (Wildman–Crippen MR) is 97.6 cm³/mol. The molecule has 0 spiro atoms. The molecule has 1 unspecified atom stereocenters. The number of halogens is 1. The van der Waals surface area contributed by atoms with E-state index in [1.807, 2.05) is 0 Å². The number of aliphatic hydroxyl groups excluding tert-OH is 1. The number of benzene rings is 1. The van der Waals surface area contributed by atoms with Crippen molar-refractivity contribution in [3.05, 3.63) is 29.6 Å². The van der Waals surface area contributed by atoms with E-state index in [2.05, 4.69) is 5.32 Å². The Hall–Kier alpha value is -2.15. The van der Waals surface area contributed by atoms with Gasteiger partial charge in [0.25, 0.3) is 0 Å². The summed E-state index contributed by atoms with van der Waals surface area (Å²) in [5.41, 5.74) is 0.640. The van der Waals surface area contributed by atoms with Crippen LogP contribution in [0.5, 0.6) is 5.75 Å². The normalized spacial score (nSPS) is 24.0. The monoisotopic (exact) mass is 378 g/mol. The molecule has 1 atom stereocenters. The van der Waals surface area contributed by atoms with Crippen molar-refractivity contribution in [3.63, 3.8) is 0 Å². The average molecular weight is 378 g/mol. The van der Waals surface area contributed by atoms with Crippen LogP contribution >= 0.6 is 0 Å². The van der Waals surface area contributed by atoms with Gasteiger partial charge in [0.2, 0.25) is 11.8 Å². The SMILES string of the molecule is COc1ccc(C(NC(=O)CN2CCCCCC2=O)C2CC(O)C2)cc1F. The van der Waals surface area contributed by atoms with Gasteiger partial charge in [-0.1, -0.05) is 12.5 Å². The number of likely N-dealkylation sites (tertiary alicyclic amines) is 1. The van der Waals surface area contributed by atoms with Crippen molar-refractivity contribution in [1.29, 1.82) is 0 Å². The number of carbonyl (C=O) groups is 2. The van der Waals surface area contributed by atoms with Gasteiger partial charge in [0, 0.05) is 13.0 Å². The van der Waals surface area contributed by atoms with Gasteiger partial charge in [-0.3, -0.25) is 9.59 Å². The van der Waals surface area contributed by atoms with Crippen LogP contribution in [0.4, 0.5) is 4.39 Å². The highest BCUT2D eigenvalue weighted by molar-refractivity contribution is 5.85. The molecule has 2 fully saturated rings. The molecule has 1 saturated carbocycles. The summed E-state index contributed by atoms with van der Waals surface area (Å²) in [5, 5.41) is 12.6. The van der Waals surface area contributed by atoms with Crippen LogP contribution in [0.25, 0.3) is 0 Å². The molecule has 0 aromatic heterocycles. The van der Waals surface area contributed by atoms with Crippen LogP contribution in [0.2, 0.25) is 0 Å². The first kappa shape index (κ1) is 19.6.